The lowest BCUT2D eigenvalue weighted by Gasteiger charge is -2.30. The summed E-state index contributed by atoms with van der Waals surface area (Å²) in [5.41, 5.74) is 13.4. The maximum absolute atomic E-state index is 14.0. The Hall–Kier alpha value is -3.97. The van der Waals surface area contributed by atoms with Crippen LogP contribution in [0, 0.1) is 11.8 Å². The van der Waals surface area contributed by atoms with Crippen LogP contribution in [-0.2, 0) is 30.4 Å². The Morgan fingerprint density at radius 3 is 2.40 bits per heavy atom. The van der Waals surface area contributed by atoms with Crippen molar-refractivity contribution in [2.75, 3.05) is 13.1 Å². The summed E-state index contributed by atoms with van der Waals surface area (Å²) < 4.78 is 0. The Kier molecular flexibility index (Phi) is 14.2. The van der Waals surface area contributed by atoms with Gasteiger partial charge in [-0.05, 0) is 62.1 Å². The molecule has 1 aromatic heterocycles. The number of nitrogens with zero attached hydrogens (tertiary/aromatic N) is 1. The SMILES string of the molecule is CC[C@H](C)[C@H](NC(=O)[C@H](Cc1c[nH]c2ccccc12)NC(=O)[C@@H]1CCCN1C(=O)[C@@H](N)CCCCN)C(=O)N[C@@H](CC(C)C)C(=O)O. The molecule has 1 aromatic carbocycles. The van der Waals surface area contributed by atoms with E-state index in [2.05, 4.69) is 20.9 Å². The molecule has 1 fully saturated rings. The van der Waals surface area contributed by atoms with Gasteiger partial charge in [0.05, 0.1) is 6.04 Å². The van der Waals surface area contributed by atoms with Gasteiger partial charge in [-0.2, -0.15) is 0 Å². The number of aliphatic carboxylic acids is 1. The number of carboxylic acid groups (broad SMARTS) is 1. The van der Waals surface area contributed by atoms with E-state index < -0.39 is 53.9 Å². The minimum atomic E-state index is -1.15. The predicted molar refractivity (Wildman–Crippen MR) is 180 cm³/mol. The van der Waals surface area contributed by atoms with Gasteiger partial charge in [0.2, 0.25) is 23.6 Å². The number of hydrogen-bond donors (Lipinski definition) is 7. The van der Waals surface area contributed by atoms with Crippen LogP contribution >= 0.6 is 0 Å². The van der Waals surface area contributed by atoms with Crippen molar-refractivity contribution < 1.29 is 29.1 Å². The van der Waals surface area contributed by atoms with Crippen molar-refractivity contribution in [1.82, 2.24) is 25.8 Å². The average Bonchev–Trinajstić information content (AvgIpc) is 3.69. The van der Waals surface area contributed by atoms with E-state index in [0.29, 0.717) is 45.2 Å². The number of carbonyl (C=O) groups is 5. The highest BCUT2D eigenvalue weighted by molar-refractivity contribution is 5.96. The minimum absolute atomic E-state index is 0.0198. The topological polar surface area (TPSA) is 213 Å². The maximum atomic E-state index is 14.0. The monoisotopic (exact) mass is 655 g/mol. The number of para-hydroxylation sites is 1. The number of nitrogens with two attached hydrogens (primary N) is 2. The summed E-state index contributed by atoms with van der Waals surface area (Å²) in [5.74, 6) is -3.44. The summed E-state index contributed by atoms with van der Waals surface area (Å²) in [6.45, 7) is 8.29. The van der Waals surface area contributed by atoms with Gasteiger partial charge in [-0.15, -0.1) is 0 Å². The van der Waals surface area contributed by atoms with Crippen LogP contribution < -0.4 is 27.4 Å². The van der Waals surface area contributed by atoms with Gasteiger partial charge in [-0.25, -0.2) is 4.79 Å². The number of aromatic amines is 1. The largest absolute Gasteiger partial charge is 0.480 e. The summed E-state index contributed by atoms with van der Waals surface area (Å²) in [6, 6.07) is 2.80. The molecule has 2 heterocycles. The number of nitrogens with one attached hydrogen (secondary N) is 4. The third kappa shape index (κ3) is 10.3. The molecule has 3 rings (SSSR count). The van der Waals surface area contributed by atoms with E-state index in [1.807, 2.05) is 45.0 Å². The Labute approximate surface area is 276 Å². The van der Waals surface area contributed by atoms with Crippen molar-refractivity contribution in [3.05, 3.63) is 36.0 Å². The molecule has 1 aliphatic rings. The first kappa shape index (κ1) is 37.5. The number of carbonyl (C=O) groups excluding carboxylic acids is 4. The van der Waals surface area contributed by atoms with E-state index in [4.69, 9.17) is 11.5 Å². The lowest BCUT2D eigenvalue weighted by molar-refractivity contribution is -0.143. The average molecular weight is 656 g/mol. The van der Waals surface area contributed by atoms with E-state index in [1.165, 1.54) is 4.90 Å². The van der Waals surface area contributed by atoms with Crippen molar-refractivity contribution in [2.24, 2.45) is 23.3 Å². The van der Waals surface area contributed by atoms with Gasteiger partial charge in [-0.3, -0.25) is 19.2 Å². The molecule has 0 radical (unpaired) electrons. The minimum Gasteiger partial charge on any atom is -0.480 e. The fourth-order valence-electron chi connectivity index (χ4n) is 6.06. The number of H-pyrrole nitrogens is 1. The Morgan fingerprint density at radius 2 is 1.74 bits per heavy atom. The number of carboxylic acids is 1. The highest BCUT2D eigenvalue weighted by Gasteiger charge is 2.38. The molecule has 0 saturated carbocycles. The number of aromatic nitrogens is 1. The number of likely N-dealkylation sites (tertiary alicyclic amines) is 1. The number of amides is 4. The molecular formula is C34H53N7O6. The molecular weight excluding hydrogens is 602 g/mol. The van der Waals surface area contributed by atoms with Gasteiger partial charge in [0, 0.05) is 30.1 Å². The van der Waals surface area contributed by atoms with E-state index in [0.717, 1.165) is 22.9 Å². The van der Waals surface area contributed by atoms with Crippen LogP contribution in [0.25, 0.3) is 10.9 Å². The first-order valence-electron chi connectivity index (χ1n) is 16.8. The quantitative estimate of drug-likeness (QED) is 0.117. The van der Waals surface area contributed by atoms with Crippen LogP contribution in [0.1, 0.15) is 78.2 Å². The molecule has 1 saturated heterocycles. The molecule has 4 amide bonds. The van der Waals surface area contributed by atoms with Crippen LogP contribution in [-0.4, -0.2) is 87.9 Å². The number of hydrogen-bond acceptors (Lipinski definition) is 7. The predicted octanol–water partition coefficient (Wildman–Crippen LogP) is 1.79. The van der Waals surface area contributed by atoms with Gasteiger partial charge in [0.15, 0.2) is 0 Å². The molecule has 2 aromatic rings. The zero-order chi connectivity index (χ0) is 34.7. The number of rotatable bonds is 18. The lowest BCUT2D eigenvalue weighted by Crippen LogP contribution is -2.59. The standard InChI is InChI=1S/C34H53N7O6/c1-5-21(4)29(32(44)39-27(34(46)47)17-20(2)3)40-30(42)26(18-22-19-37-25-13-7-6-11-23(22)25)38-31(43)28-14-10-16-41(28)33(45)24(36)12-8-9-15-35/h6-7,11,13,19-21,24,26-29,37H,5,8-10,12,14-18,35-36H2,1-4H3,(H,38,43)(H,39,44)(H,40,42)(H,46,47)/t21-,24-,26-,27-,28-,29-/m0/s1. The molecule has 6 atom stereocenters. The second kappa shape index (κ2) is 17.8. The zero-order valence-electron chi connectivity index (χ0n) is 28.1. The molecule has 260 valence electrons. The summed E-state index contributed by atoms with van der Waals surface area (Å²) in [7, 11) is 0. The van der Waals surface area contributed by atoms with Crippen LogP contribution in [0.15, 0.2) is 30.5 Å². The molecule has 47 heavy (non-hydrogen) atoms. The van der Waals surface area contributed by atoms with Crippen LogP contribution in [0.2, 0.25) is 0 Å². The molecule has 0 aliphatic carbocycles. The summed E-state index contributed by atoms with van der Waals surface area (Å²) in [5, 5.41) is 18.9. The fraction of sp³-hybridized carbons (Fsp3) is 0.618. The van der Waals surface area contributed by atoms with Crippen LogP contribution in [0.4, 0.5) is 0 Å². The summed E-state index contributed by atoms with van der Waals surface area (Å²) in [6.07, 6.45) is 5.63. The smallest absolute Gasteiger partial charge is 0.326 e. The third-order valence-corrected chi connectivity index (χ3v) is 8.97. The second-order valence-electron chi connectivity index (χ2n) is 13.1. The van der Waals surface area contributed by atoms with Crippen molar-refractivity contribution in [1.29, 1.82) is 0 Å². The molecule has 13 nitrogen and oxygen atoms in total. The highest BCUT2D eigenvalue weighted by Crippen LogP contribution is 2.22. The van der Waals surface area contributed by atoms with E-state index in [-0.39, 0.29) is 30.6 Å². The van der Waals surface area contributed by atoms with Crippen molar-refractivity contribution in [3.8, 4) is 0 Å². The molecule has 0 unspecified atom stereocenters. The van der Waals surface area contributed by atoms with Gasteiger partial charge >= 0.3 is 5.97 Å². The van der Waals surface area contributed by atoms with Crippen molar-refractivity contribution >= 4 is 40.5 Å². The van der Waals surface area contributed by atoms with Crippen molar-refractivity contribution in [2.45, 2.75) is 109 Å². The van der Waals surface area contributed by atoms with E-state index in [9.17, 15) is 29.1 Å². The first-order valence-corrected chi connectivity index (χ1v) is 16.8. The molecule has 0 spiro atoms. The normalized spacial score (nSPS) is 17.9. The molecule has 13 heteroatoms. The Balaban J connectivity index is 1.85. The highest BCUT2D eigenvalue weighted by atomic mass is 16.4. The maximum Gasteiger partial charge on any atom is 0.326 e. The number of benzene rings is 1. The van der Waals surface area contributed by atoms with Gasteiger partial charge in [0.1, 0.15) is 24.2 Å². The Morgan fingerprint density at radius 1 is 1.02 bits per heavy atom. The third-order valence-electron chi connectivity index (χ3n) is 8.97. The van der Waals surface area contributed by atoms with E-state index >= 15 is 0 Å². The van der Waals surface area contributed by atoms with Crippen molar-refractivity contribution in [3.63, 3.8) is 0 Å². The summed E-state index contributed by atoms with van der Waals surface area (Å²) in [4.78, 5) is 71.1. The van der Waals surface area contributed by atoms with Gasteiger partial charge in [0.25, 0.3) is 0 Å². The number of fused-ring (bicyclic) bond motifs is 1. The summed E-state index contributed by atoms with van der Waals surface area (Å²) >= 11 is 0. The first-order chi connectivity index (χ1) is 22.4. The van der Waals surface area contributed by atoms with E-state index in [1.54, 1.807) is 13.1 Å². The second-order valence-corrected chi connectivity index (χ2v) is 13.1. The van der Waals surface area contributed by atoms with Crippen LogP contribution in [0.3, 0.4) is 0 Å². The molecule has 1 aliphatic heterocycles. The Bertz CT molecular complexity index is 1380. The van der Waals surface area contributed by atoms with Crippen LogP contribution in [0.5, 0.6) is 0 Å². The fourth-order valence-corrected chi connectivity index (χ4v) is 6.06. The molecule has 9 N–H and O–H groups in total. The lowest BCUT2D eigenvalue weighted by atomic mass is 9.96. The number of unbranched alkanes of at least 4 members (excludes halogenated alkanes) is 1. The zero-order valence-corrected chi connectivity index (χ0v) is 28.1. The molecule has 0 bridgehead atoms. The van der Waals surface area contributed by atoms with Gasteiger partial charge in [-0.1, -0.05) is 58.7 Å². The van der Waals surface area contributed by atoms with Gasteiger partial charge < -0.3 is 42.4 Å².